The SMILES string of the molecule is O=C1CCCCCC1=C(O)CBr. The van der Waals surface area contributed by atoms with E-state index in [0.717, 1.165) is 25.7 Å². The van der Waals surface area contributed by atoms with Crippen LogP contribution in [-0.4, -0.2) is 16.2 Å². The molecule has 0 radical (unpaired) electrons. The molecule has 1 N–H and O–H groups in total. The lowest BCUT2D eigenvalue weighted by Gasteiger charge is -2.03. The van der Waals surface area contributed by atoms with Gasteiger partial charge in [-0.3, -0.25) is 4.79 Å². The van der Waals surface area contributed by atoms with Gasteiger partial charge >= 0.3 is 0 Å². The van der Waals surface area contributed by atoms with E-state index in [9.17, 15) is 9.90 Å². The van der Waals surface area contributed by atoms with Crippen LogP contribution in [0.25, 0.3) is 0 Å². The van der Waals surface area contributed by atoms with Crippen LogP contribution >= 0.6 is 15.9 Å². The van der Waals surface area contributed by atoms with Crippen molar-refractivity contribution in [3.63, 3.8) is 0 Å². The number of allylic oxidation sites excluding steroid dienone is 2. The van der Waals surface area contributed by atoms with Crippen molar-refractivity contribution >= 4 is 21.7 Å². The van der Waals surface area contributed by atoms with Gasteiger partial charge in [0.2, 0.25) is 0 Å². The minimum absolute atomic E-state index is 0.129. The first-order valence-electron chi connectivity index (χ1n) is 4.26. The van der Waals surface area contributed by atoms with E-state index < -0.39 is 0 Å². The molecule has 1 aliphatic carbocycles. The molecule has 3 heteroatoms. The van der Waals surface area contributed by atoms with Gasteiger partial charge in [0.25, 0.3) is 0 Å². The highest BCUT2D eigenvalue weighted by atomic mass is 79.9. The highest BCUT2D eigenvalue weighted by Gasteiger charge is 2.16. The lowest BCUT2D eigenvalue weighted by Crippen LogP contribution is -2.04. The summed E-state index contributed by atoms with van der Waals surface area (Å²) >= 11 is 3.14. The third-order valence-corrected chi connectivity index (χ3v) is 2.67. The van der Waals surface area contributed by atoms with Gasteiger partial charge in [0.1, 0.15) is 5.76 Å². The fourth-order valence-corrected chi connectivity index (χ4v) is 1.78. The molecule has 0 saturated heterocycles. The maximum atomic E-state index is 11.4. The van der Waals surface area contributed by atoms with Crippen molar-refractivity contribution in [2.24, 2.45) is 0 Å². The Bertz CT molecular complexity index is 209. The van der Waals surface area contributed by atoms with Crippen LogP contribution in [0.1, 0.15) is 32.1 Å². The highest BCUT2D eigenvalue weighted by molar-refractivity contribution is 9.09. The Hall–Kier alpha value is -0.310. The van der Waals surface area contributed by atoms with Crippen LogP contribution in [-0.2, 0) is 4.79 Å². The third-order valence-electron chi connectivity index (χ3n) is 2.14. The number of alkyl halides is 1. The molecule has 0 aromatic rings. The van der Waals surface area contributed by atoms with E-state index in [2.05, 4.69) is 15.9 Å². The van der Waals surface area contributed by atoms with Crippen LogP contribution in [0, 0.1) is 0 Å². The molecule has 0 unspecified atom stereocenters. The van der Waals surface area contributed by atoms with Gasteiger partial charge in [0, 0.05) is 12.0 Å². The van der Waals surface area contributed by atoms with Crippen LogP contribution in [0.2, 0.25) is 0 Å². The summed E-state index contributed by atoms with van der Waals surface area (Å²) in [5, 5.41) is 9.79. The van der Waals surface area contributed by atoms with Crippen molar-refractivity contribution in [2.45, 2.75) is 32.1 Å². The average molecular weight is 233 g/mol. The van der Waals surface area contributed by atoms with E-state index in [-0.39, 0.29) is 11.5 Å². The first kappa shape index (κ1) is 9.78. The van der Waals surface area contributed by atoms with Gasteiger partial charge in [0.05, 0.1) is 5.33 Å². The van der Waals surface area contributed by atoms with Crippen molar-refractivity contribution in [2.75, 3.05) is 5.33 Å². The van der Waals surface area contributed by atoms with Gasteiger partial charge in [0.15, 0.2) is 5.78 Å². The third kappa shape index (κ3) is 2.34. The lowest BCUT2D eigenvalue weighted by molar-refractivity contribution is -0.115. The van der Waals surface area contributed by atoms with E-state index in [1.165, 1.54) is 0 Å². The minimum atomic E-state index is 0.129. The summed E-state index contributed by atoms with van der Waals surface area (Å²) < 4.78 is 0. The molecule has 0 bridgehead atoms. The number of hydrogen-bond acceptors (Lipinski definition) is 2. The van der Waals surface area contributed by atoms with Gasteiger partial charge in [-0.15, -0.1) is 0 Å². The second-order valence-corrected chi connectivity index (χ2v) is 3.60. The van der Waals surface area contributed by atoms with Gasteiger partial charge in [-0.1, -0.05) is 22.4 Å². The largest absolute Gasteiger partial charge is 0.511 e. The second-order valence-electron chi connectivity index (χ2n) is 3.04. The Morgan fingerprint density at radius 2 is 2.00 bits per heavy atom. The number of rotatable bonds is 1. The fourth-order valence-electron chi connectivity index (χ4n) is 1.44. The van der Waals surface area contributed by atoms with Gasteiger partial charge in [-0.25, -0.2) is 0 Å². The molecule has 1 rings (SSSR count). The maximum absolute atomic E-state index is 11.4. The number of carbonyl (C=O) groups excluding carboxylic acids is 1. The standard InChI is InChI=1S/C9H13BrO2/c10-6-9(12)7-4-2-1-3-5-8(7)11/h12H,1-6H2. The summed E-state index contributed by atoms with van der Waals surface area (Å²) in [6.45, 7) is 0. The van der Waals surface area contributed by atoms with E-state index in [0.29, 0.717) is 17.3 Å². The molecule has 1 aliphatic rings. The summed E-state index contributed by atoms with van der Waals surface area (Å²) in [5.74, 6) is 0.353. The lowest BCUT2D eigenvalue weighted by atomic mass is 10.1. The zero-order valence-electron chi connectivity index (χ0n) is 6.98. The maximum Gasteiger partial charge on any atom is 0.162 e. The molecule has 12 heavy (non-hydrogen) atoms. The molecule has 1 saturated carbocycles. The van der Waals surface area contributed by atoms with Crippen LogP contribution < -0.4 is 0 Å². The van der Waals surface area contributed by atoms with Crippen LogP contribution in [0.4, 0.5) is 0 Å². The molecule has 0 aromatic heterocycles. The number of hydrogen-bond donors (Lipinski definition) is 1. The zero-order chi connectivity index (χ0) is 8.97. The number of aliphatic hydroxyl groups is 1. The van der Waals surface area contributed by atoms with Crippen molar-refractivity contribution in [1.82, 2.24) is 0 Å². The molecule has 68 valence electrons. The summed E-state index contributed by atoms with van der Waals surface area (Å²) in [7, 11) is 0. The van der Waals surface area contributed by atoms with Crippen molar-refractivity contribution in [3.8, 4) is 0 Å². The molecular weight excluding hydrogens is 220 g/mol. The molecule has 0 atom stereocenters. The molecule has 0 aromatic carbocycles. The number of ketones is 1. The molecule has 2 nitrogen and oxygen atoms in total. The number of carbonyl (C=O) groups is 1. The van der Waals surface area contributed by atoms with E-state index in [4.69, 9.17) is 0 Å². The number of halogens is 1. The monoisotopic (exact) mass is 232 g/mol. The summed E-state index contributed by atoms with van der Waals surface area (Å²) in [5.41, 5.74) is 0.643. The average Bonchev–Trinajstić information content (AvgIpc) is 2.28. The molecule has 0 heterocycles. The summed E-state index contributed by atoms with van der Waals surface area (Å²) in [4.78, 5) is 11.4. The molecule has 0 amide bonds. The van der Waals surface area contributed by atoms with Gasteiger partial charge < -0.3 is 5.11 Å². The first-order valence-corrected chi connectivity index (χ1v) is 5.38. The second kappa shape index (κ2) is 4.65. The van der Waals surface area contributed by atoms with Crippen LogP contribution in [0.15, 0.2) is 11.3 Å². The Morgan fingerprint density at radius 3 is 2.67 bits per heavy atom. The quantitative estimate of drug-likeness (QED) is 0.327. The molecule has 1 fully saturated rings. The number of aliphatic hydroxyl groups excluding tert-OH is 1. The Morgan fingerprint density at radius 1 is 1.33 bits per heavy atom. The van der Waals surface area contributed by atoms with Crippen LogP contribution in [0.5, 0.6) is 0 Å². The van der Waals surface area contributed by atoms with Gasteiger partial charge in [-0.2, -0.15) is 0 Å². The van der Waals surface area contributed by atoms with E-state index >= 15 is 0 Å². The van der Waals surface area contributed by atoms with Crippen molar-refractivity contribution in [3.05, 3.63) is 11.3 Å². The smallest absolute Gasteiger partial charge is 0.162 e. The predicted molar refractivity (Wildman–Crippen MR) is 51.5 cm³/mol. The number of Topliss-reactive ketones (excluding diaryl/α,β-unsaturated/α-hetero) is 1. The van der Waals surface area contributed by atoms with Crippen molar-refractivity contribution in [1.29, 1.82) is 0 Å². The zero-order valence-corrected chi connectivity index (χ0v) is 8.56. The normalized spacial score (nSPS) is 23.6. The van der Waals surface area contributed by atoms with Gasteiger partial charge in [-0.05, 0) is 19.3 Å². The summed E-state index contributed by atoms with van der Waals surface area (Å²) in [6, 6.07) is 0. The Labute approximate surface area is 80.8 Å². The topological polar surface area (TPSA) is 37.3 Å². The van der Waals surface area contributed by atoms with Crippen molar-refractivity contribution < 1.29 is 9.90 Å². The predicted octanol–water partition coefficient (Wildman–Crippen LogP) is 2.73. The van der Waals surface area contributed by atoms with E-state index in [1.54, 1.807) is 0 Å². The summed E-state index contributed by atoms with van der Waals surface area (Å²) in [6.07, 6.45) is 4.45. The first-order chi connectivity index (χ1) is 5.75. The molecule has 0 aliphatic heterocycles. The minimum Gasteiger partial charge on any atom is -0.511 e. The molecule has 0 spiro atoms. The van der Waals surface area contributed by atoms with E-state index in [1.807, 2.05) is 0 Å². The Kier molecular flexibility index (Phi) is 3.79. The molecular formula is C9H13BrO2. The van der Waals surface area contributed by atoms with Crippen LogP contribution in [0.3, 0.4) is 0 Å². The highest BCUT2D eigenvalue weighted by Crippen LogP contribution is 2.21. The Balaban J connectivity index is 2.78. The fraction of sp³-hybridized carbons (Fsp3) is 0.667.